The Hall–Kier alpha value is -1.97. The van der Waals surface area contributed by atoms with Crippen LogP contribution < -0.4 is 10.5 Å². The van der Waals surface area contributed by atoms with E-state index in [0.717, 1.165) is 22.5 Å². The van der Waals surface area contributed by atoms with Crippen molar-refractivity contribution in [3.8, 4) is 5.75 Å². The first-order chi connectivity index (χ1) is 10.2. The number of fused-ring (bicyclic) bond motifs is 2. The summed E-state index contributed by atoms with van der Waals surface area (Å²) in [4.78, 5) is 0. The van der Waals surface area contributed by atoms with Crippen LogP contribution in [0, 0.1) is 0 Å². The SMILES string of the molecule is NC(c1cc2cccc(Cl)c2o1)C1COc2ccccc21. The topological polar surface area (TPSA) is 48.4 Å². The van der Waals surface area contributed by atoms with Gasteiger partial charge in [0.05, 0.1) is 17.7 Å². The number of para-hydroxylation sites is 2. The molecule has 2 aromatic carbocycles. The third-order valence-electron chi connectivity index (χ3n) is 4.01. The van der Waals surface area contributed by atoms with Gasteiger partial charge in [0.25, 0.3) is 0 Å². The zero-order valence-electron chi connectivity index (χ0n) is 11.3. The van der Waals surface area contributed by atoms with Crippen molar-refractivity contribution in [3.05, 3.63) is 64.9 Å². The molecule has 2 atom stereocenters. The Morgan fingerprint density at radius 2 is 2.00 bits per heavy atom. The summed E-state index contributed by atoms with van der Waals surface area (Å²) in [5.74, 6) is 1.75. The molecule has 0 saturated carbocycles. The van der Waals surface area contributed by atoms with Crippen molar-refractivity contribution in [2.24, 2.45) is 5.73 Å². The predicted octanol–water partition coefficient (Wildman–Crippen LogP) is 4.26. The summed E-state index contributed by atoms with van der Waals surface area (Å²) in [5, 5.41) is 1.58. The molecular weight excluding hydrogens is 286 g/mol. The normalized spacial score (nSPS) is 18.5. The van der Waals surface area contributed by atoms with Gasteiger partial charge in [-0.2, -0.15) is 0 Å². The summed E-state index contributed by atoms with van der Waals surface area (Å²) in [6.45, 7) is 0.575. The Morgan fingerprint density at radius 3 is 2.86 bits per heavy atom. The van der Waals surface area contributed by atoms with E-state index in [1.54, 1.807) is 0 Å². The highest BCUT2D eigenvalue weighted by Crippen LogP contribution is 2.41. The van der Waals surface area contributed by atoms with E-state index >= 15 is 0 Å². The fourth-order valence-electron chi connectivity index (χ4n) is 2.89. The lowest BCUT2D eigenvalue weighted by molar-refractivity contribution is 0.305. The van der Waals surface area contributed by atoms with Gasteiger partial charge in [-0.15, -0.1) is 0 Å². The quantitative estimate of drug-likeness (QED) is 0.769. The predicted molar refractivity (Wildman–Crippen MR) is 82.8 cm³/mol. The highest BCUT2D eigenvalue weighted by molar-refractivity contribution is 6.34. The van der Waals surface area contributed by atoms with E-state index in [1.807, 2.05) is 42.5 Å². The van der Waals surface area contributed by atoms with Crippen LogP contribution in [0.25, 0.3) is 11.0 Å². The summed E-state index contributed by atoms with van der Waals surface area (Å²) >= 11 is 6.16. The van der Waals surface area contributed by atoms with Crippen LogP contribution in [0.5, 0.6) is 5.75 Å². The molecule has 106 valence electrons. The molecular formula is C17H14ClNO2. The summed E-state index contributed by atoms with van der Waals surface area (Å²) in [6, 6.07) is 15.4. The van der Waals surface area contributed by atoms with Gasteiger partial charge in [-0.25, -0.2) is 0 Å². The first-order valence-corrected chi connectivity index (χ1v) is 7.27. The van der Waals surface area contributed by atoms with Gasteiger partial charge in [-0.1, -0.05) is 41.9 Å². The summed E-state index contributed by atoms with van der Waals surface area (Å²) in [5.41, 5.74) is 8.24. The van der Waals surface area contributed by atoms with Crippen LogP contribution in [-0.2, 0) is 0 Å². The van der Waals surface area contributed by atoms with Gasteiger partial charge in [-0.05, 0) is 18.2 Å². The van der Waals surface area contributed by atoms with E-state index in [1.165, 1.54) is 0 Å². The molecule has 1 aliphatic heterocycles. The molecule has 0 aliphatic carbocycles. The van der Waals surface area contributed by atoms with Crippen molar-refractivity contribution in [1.82, 2.24) is 0 Å². The van der Waals surface area contributed by atoms with Gasteiger partial charge in [0.2, 0.25) is 0 Å². The number of benzene rings is 2. The maximum atomic E-state index is 6.41. The summed E-state index contributed by atoms with van der Waals surface area (Å²) in [7, 11) is 0. The van der Waals surface area contributed by atoms with Gasteiger partial charge in [0, 0.05) is 16.9 Å². The highest BCUT2D eigenvalue weighted by Gasteiger charge is 2.31. The lowest BCUT2D eigenvalue weighted by atomic mass is 9.92. The van der Waals surface area contributed by atoms with Crippen molar-refractivity contribution in [2.75, 3.05) is 6.61 Å². The molecule has 2 N–H and O–H groups in total. The van der Waals surface area contributed by atoms with E-state index in [9.17, 15) is 0 Å². The Bertz CT molecular complexity index is 811. The molecule has 3 aromatic rings. The minimum Gasteiger partial charge on any atom is -0.493 e. The van der Waals surface area contributed by atoms with Gasteiger partial charge in [-0.3, -0.25) is 0 Å². The molecule has 4 heteroatoms. The smallest absolute Gasteiger partial charge is 0.152 e. The maximum absolute atomic E-state index is 6.41. The lowest BCUT2D eigenvalue weighted by Gasteiger charge is -2.15. The number of hydrogen-bond donors (Lipinski definition) is 1. The lowest BCUT2D eigenvalue weighted by Crippen LogP contribution is -2.20. The Kier molecular flexibility index (Phi) is 2.91. The molecule has 21 heavy (non-hydrogen) atoms. The first kappa shape index (κ1) is 12.7. The van der Waals surface area contributed by atoms with Crippen LogP contribution in [0.2, 0.25) is 5.02 Å². The standard InChI is InChI=1S/C17H14ClNO2/c18-13-6-3-4-10-8-15(21-17(10)13)16(19)12-9-20-14-7-2-1-5-11(12)14/h1-8,12,16H,9,19H2. The second-order valence-electron chi connectivity index (χ2n) is 5.29. The molecule has 0 saturated heterocycles. The molecule has 0 spiro atoms. The van der Waals surface area contributed by atoms with Crippen molar-refractivity contribution in [1.29, 1.82) is 0 Å². The van der Waals surface area contributed by atoms with Crippen molar-refractivity contribution in [3.63, 3.8) is 0 Å². The monoisotopic (exact) mass is 299 g/mol. The van der Waals surface area contributed by atoms with Crippen LogP contribution in [0.1, 0.15) is 23.3 Å². The molecule has 2 heterocycles. The largest absolute Gasteiger partial charge is 0.493 e. The number of ether oxygens (including phenoxy) is 1. The molecule has 3 nitrogen and oxygen atoms in total. The van der Waals surface area contributed by atoms with Crippen molar-refractivity contribution >= 4 is 22.6 Å². The van der Waals surface area contributed by atoms with Gasteiger partial charge in [0.1, 0.15) is 11.5 Å². The van der Waals surface area contributed by atoms with E-state index in [2.05, 4.69) is 6.07 Å². The highest BCUT2D eigenvalue weighted by atomic mass is 35.5. The number of hydrogen-bond acceptors (Lipinski definition) is 3. The van der Waals surface area contributed by atoms with E-state index in [0.29, 0.717) is 17.2 Å². The van der Waals surface area contributed by atoms with Crippen LogP contribution >= 0.6 is 11.6 Å². The summed E-state index contributed by atoms with van der Waals surface area (Å²) < 4.78 is 11.6. The molecule has 1 aliphatic rings. The maximum Gasteiger partial charge on any atom is 0.152 e. The average Bonchev–Trinajstić information content (AvgIpc) is 3.11. The third-order valence-corrected chi connectivity index (χ3v) is 4.31. The fourth-order valence-corrected chi connectivity index (χ4v) is 3.12. The Morgan fingerprint density at radius 1 is 1.14 bits per heavy atom. The molecule has 0 bridgehead atoms. The van der Waals surface area contributed by atoms with Crippen LogP contribution in [0.3, 0.4) is 0 Å². The molecule has 4 rings (SSSR count). The van der Waals surface area contributed by atoms with Gasteiger partial charge in [0.15, 0.2) is 5.58 Å². The number of nitrogens with two attached hydrogens (primary N) is 1. The Balaban J connectivity index is 1.74. The second kappa shape index (κ2) is 4.79. The number of furan rings is 1. The van der Waals surface area contributed by atoms with Crippen molar-refractivity contribution < 1.29 is 9.15 Å². The minimum atomic E-state index is -0.253. The first-order valence-electron chi connectivity index (χ1n) is 6.89. The average molecular weight is 300 g/mol. The molecule has 0 radical (unpaired) electrons. The fraction of sp³-hybridized carbons (Fsp3) is 0.176. The minimum absolute atomic E-state index is 0.0977. The zero-order valence-corrected chi connectivity index (χ0v) is 12.0. The van der Waals surface area contributed by atoms with Gasteiger partial charge >= 0.3 is 0 Å². The third kappa shape index (κ3) is 2.01. The van der Waals surface area contributed by atoms with Crippen LogP contribution in [-0.4, -0.2) is 6.61 Å². The van der Waals surface area contributed by atoms with E-state index in [4.69, 9.17) is 26.5 Å². The van der Waals surface area contributed by atoms with Crippen molar-refractivity contribution in [2.45, 2.75) is 12.0 Å². The molecule has 2 unspecified atom stereocenters. The summed E-state index contributed by atoms with van der Waals surface area (Å²) in [6.07, 6.45) is 0. The second-order valence-corrected chi connectivity index (χ2v) is 5.70. The molecule has 0 amide bonds. The molecule has 0 fully saturated rings. The van der Waals surface area contributed by atoms with E-state index in [-0.39, 0.29) is 12.0 Å². The zero-order chi connectivity index (χ0) is 14.4. The van der Waals surface area contributed by atoms with Crippen LogP contribution in [0.4, 0.5) is 0 Å². The Labute approximate surface area is 127 Å². The van der Waals surface area contributed by atoms with Crippen LogP contribution in [0.15, 0.2) is 52.9 Å². The van der Waals surface area contributed by atoms with E-state index < -0.39 is 0 Å². The number of rotatable bonds is 2. The molecule has 1 aromatic heterocycles. The number of halogens is 1. The van der Waals surface area contributed by atoms with Gasteiger partial charge < -0.3 is 14.9 Å².